The molecule has 28 heavy (non-hydrogen) atoms. The molecule has 2 aromatic carbocycles. The van der Waals surface area contributed by atoms with Gasteiger partial charge >= 0.3 is 5.97 Å². The largest absolute Gasteiger partial charge is 0.497 e. The molecule has 1 N–H and O–H groups in total. The average molecular weight is 385 g/mol. The van der Waals surface area contributed by atoms with E-state index in [1.165, 1.54) is 0 Å². The summed E-state index contributed by atoms with van der Waals surface area (Å²) in [6, 6.07) is 14.9. The van der Waals surface area contributed by atoms with Crippen molar-refractivity contribution in [1.82, 2.24) is 4.90 Å². The van der Waals surface area contributed by atoms with Gasteiger partial charge in [0.1, 0.15) is 18.1 Å². The monoisotopic (exact) mass is 385 g/mol. The molecule has 0 bridgehead atoms. The number of hydrogen-bond donors (Lipinski definition) is 1. The first kappa shape index (κ1) is 20.2. The molecule has 0 radical (unpaired) electrons. The van der Waals surface area contributed by atoms with Crippen LogP contribution in [0.15, 0.2) is 48.5 Å². The molecular weight excluding hydrogens is 358 g/mol. The van der Waals surface area contributed by atoms with Gasteiger partial charge in [0.25, 0.3) is 0 Å². The SMILES string of the molecule is COc1ccc(CC(C(=O)O)c2ccccc2)c(OCCN2CCOCC2)c1. The molecule has 1 saturated heterocycles. The van der Waals surface area contributed by atoms with E-state index in [1.807, 2.05) is 48.5 Å². The summed E-state index contributed by atoms with van der Waals surface area (Å²) in [4.78, 5) is 14.2. The van der Waals surface area contributed by atoms with Crippen LogP contribution in [0.1, 0.15) is 17.0 Å². The lowest BCUT2D eigenvalue weighted by Crippen LogP contribution is -2.38. The number of carboxylic acids is 1. The van der Waals surface area contributed by atoms with Crippen molar-refractivity contribution in [3.05, 3.63) is 59.7 Å². The van der Waals surface area contributed by atoms with Crippen LogP contribution in [0.25, 0.3) is 0 Å². The molecule has 0 aliphatic carbocycles. The Bertz CT molecular complexity index is 759. The first-order valence-corrected chi connectivity index (χ1v) is 9.55. The predicted octanol–water partition coefficient (Wildman–Crippen LogP) is 2.82. The maximum Gasteiger partial charge on any atom is 0.311 e. The highest BCUT2D eigenvalue weighted by Gasteiger charge is 2.22. The number of benzene rings is 2. The minimum atomic E-state index is -0.846. The van der Waals surface area contributed by atoms with Gasteiger partial charge in [0.2, 0.25) is 0 Å². The van der Waals surface area contributed by atoms with Gasteiger partial charge in [-0.25, -0.2) is 0 Å². The lowest BCUT2D eigenvalue weighted by atomic mass is 9.91. The quantitative estimate of drug-likeness (QED) is 0.716. The van der Waals surface area contributed by atoms with E-state index < -0.39 is 11.9 Å². The highest BCUT2D eigenvalue weighted by Crippen LogP contribution is 2.30. The van der Waals surface area contributed by atoms with E-state index in [0.717, 1.165) is 44.0 Å². The molecule has 2 aromatic rings. The number of ether oxygens (including phenoxy) is 3. The Morgan fingerprint density at radius 3 is 2.61 bits per heavy atom. The predicted molar refractivity (Wildman–Crippen MR) is 106 cm³/mol. The summed E-state index contributed by atoms with van der Waals surface area (Å²) in [5.74, 6) is -0.107. The standard InChI is InChI=1S/C22H27NO5/c1-26-19-8-7-18(15-20(22(24)25)17-5-3-2-4-6-17)21(16-19)28-14-11-23-9-12-27-13-10-23/h2-8,16,20H,9-15H2,1H3,(H,24,25). The van der Waals surface area contributed by atoms with Gasteiger partial charge in [-0.15, -0.1) is 0 Å². The molecule has 1 fully saturated rings. The van der Waals surface area contributed by atoms with Crippen LogP contribution in [-0.4, -0.2) is 62.5 Å². The molecule has 1 heterocycles. The lowest BCUT2D eigenvalue weighted by Gasteiger charge is -2.26. The van der Waals surface area contributed by atoms with Crippen molar-refractivity contribution in [3.8, 4) is 11.5 Å². The van der Waals surface area contributed by atoms with E-state index in [0.29, 0.717) is 24.5 Å². The number of carboxylic acid groups (broad SMARTS) is 1. The van der Waals surface area contributed by atoms with Crippen LogP contribution >= 0.6 is 0 Å². The van der Waals surface area contributed by atoms with Crippen LogP contribution in [0.4, 0.5) is 0 Å². The summed E-state index contributed by atoms with van der Waals surface area (Å²) in [6.07, 6.45) is 0.357. The lowest BCUT2D eigenvalue weighted by molar-refractivity contribution is -0.138. The van der Waals surface area contributed by atoms with Gasteiger partial charge in [-0.2, -0.15) is 0 Å². The van der Waals surface area contributed by atoms with Crippen molar-refractivity contribution < 1.29 is 24.1 Å². The Hall–Kier alpha value is -2.57. The number of nitrogens with zero attached hydrogens (tertiary/aromatic N) is 1. The van der Waals surface area contributed by atoms with Crippen LogP contribution in [0.3, 0.4) is 0 Å². The van der Waals surface area contributed by atoms with E-state index in [9.17, 15) is 9.90 Å². The maximum absolute atomic E-state index is 11.9. The Morgan fingerprint density at radius 1 is 1.18 bits per heavy atom. The Labute approximate surface area is 165 Å². The van der Waals surface area contributed by atoms with Crippen molar-refractivity contribution >= 4 is 5.97 Å². The molecule has 1 aliphatic rings. The van der Waals surface area contributed by atoms with Crippen LogP contribution in [-0.2, 0) is 16.0 Å². The van der Waals surface area contributed by atoms with Crippen molar-refractivity contribution in [2.75, 3.05) is 46.6 Å². The second-order valence-electron chi connectivity index (χ2n) is 6.78. The highest BCUT2D eigenvalue weighted by molar-refractivity contribution is 5.76. The van der Waals surface area contributed by atoms with Crippen molar-refractivity contribution in [2.45, 2.75) is 12.3 Å². The second-order valence-corrected chi connectivity index (χ2v) is 6.78. The van der Waals surface area contributed by atoms with Gasteiger partial charge in [-0.05, 0) is 23.6 Å². The van der Waals surface area contributed by atoms with Gasteiger partial charge in [0.15, 0.2) is 0 Å². The molecule has 1 atom stereocenters. The van der Waals surface area contributed by atoms with Crippen LogP contribution in [0.2, 0.25) is 0 Å². The van der Waals surface area contributed by atoms with Crippen LogP contribution in [0, 0.1) is 0 Å². The van der Waals surface area contributed by atoms with Crippen molar-refractivity contribution in [2.24, 2.45) is 0 Å². The maximum atomic E-state index is 11.9. The molecule has 3 rings (SSSR count). The number of morpholine rings is 1. The summed E-state index contributed by atoms with van der Waals surface area (Å²) in [6.45, 7) is 4.65. The summed E-state index contributed by atoms with van der Waals surface area (Å²) in [5.41, 5.74) is 1.64. The van der Waals surface area contributed by atoms with E-state index in [4.69, 9.17) is 14.2 Å². The first-order chi connectivity index (χ1) is 13.7. The zero-order chi connectivity index (χ0) is 19.8. The number of methoxy groups -OCH3 is 1. The third kappa shape index (κ3) is 5.47. The van der Waals surface area contributed by atoms with E-state index in [-0.39, 0.29) is 0 Å². The first-order valence-electron chi connectivity index (χ1n) is 9.55. The van der Waals surface area contributed by atoms with Crippen molar-refractivity contribution in [1.29, 1.82) is 0 Å². The third-order valence-corrected chi connectivity index (χ3v) is 4.97. The molecule has 0 spiro atoms. The Kier molecular flexibility index (Phi) is 7.28. The summed E-state index contributed by atoms with van der Waals surface area (Å²) < 4.78 is 16.7. The van der Waals surface area contributed by atoms with Crippen molar-refractivity contribution in [3.63, 3.8) is 0 Å². The smallest absolute Gasteiger partial charge is 0.311 e. The van der Waals surface area contributed by atoms with Crippen LogP contribution in [0.5, 0.6) is 11.5 Å². The van der Waals surface area contributed by atoms with Gasteiger partial charge in [0, 0.05) is 25.7 Å². The summed E-state index contributed by atoms with van der Waals surface area (Å²) in [7, 11) is 1.61. The van der Waals surface area contributed by atoms with Crippen LogP contribution < -0.4 is 9.47 Å². The number of hydrogen-bond acceptors (Lipinski definition) is 5. The topological polar surface area (TPSA) is 68.2 Å². The molecule has 150 valence electrons. The minimum Gasteiger partial charge on any atom is -0.497 e. The molecule has 6 heteroatoms. The molecular formula is C22H27NO5. The summed E-state index contributed by atoms with van der Waals surface area (Å²) >= 11 is 0. The fourth-order valence-corrected chi connectivity index (χ4v) is 3.33. The molecule has 6 nitrogen and oxygen atoms in total. The molecule has 0 aromatic heterocycles. The van der Waals surface area contributed by atoms with Gasteiger partial charge < -0.3 is 19.3 Å². The Balaban J connectivity index is 1.72. The number of carbonyl (C=O) groups is 1. The normalized spacial score (nSPS) is 15.8. The molecule has 1 aliphatic heterocycles. The van der Waals surface area contributed by atoms with E-state index in [2.05, 4.69) is 4.90 Å². The third-order valence-electron chi connectivity index (χ3n) is 4.97. The minimum absolute atomic E-state index is 0.357. The van der Waals surface area contributed by atoms with Gasteiger partial charge in [-0.1, -0.05) is 36.4 Å². The zero-order valence-electron chi connectivity index (χ0n) is 16.2. The van der Waals surface area contributed by atoms with E-state index in [1.54, 1.807) is 7.11 Å². The second kappa shape index (κ2) is 10.1. The Morgan fingerprint density at radius 2 is 1.93 bits per heavy atom. The van der Waals surface area contributed by atoms with E-state index >= 15 is 0 Å². The highest BCUT2D eigenvalue weighted by atomic mass is 16.5. The molecule has 0 amide bonds. The average Bonchev–Trinajstić information content (AvgIpc) is 2.73. The van der Waals surface area contributed by atoms with Gasteiger partial charge in [-0.3, -0.25) is 9.69 Å². The number of aliphatic carboxylic acids is 1. The van der Waals surface area contributed by atoms with Gasteiger partial charge in [0.05, 0.1) is 26.2 Å². The molecule has 1 unspecified atom stereocenters. The fraction of sp³-hybridized carbons (Fsp3) is 0.409. The zero-order valence-corrected chi connectivity index (χ0v) is 16.2. The number of rotatable bonds is 9. The fourth-order valence-electron chi connectivity index (χ4n) is 3.33. The molecule has 0 saturated carbocycles. The summed E-state index contributed by atoms with van der Waals surface area (Å²) in [5, 5.41) is 9.74.